The molecule has 0 bridgehead atoms. The van der Waals surface area contributed by atoms with Crippen molar-refractivity contribution in [2.45, 2.75) is 53.0 Å². The van der Waals surface area contributed by atoms with Crippen molar-refractivity contribution in [1.82, 2.24) is 40.5 Å². The van der Waals surface area contributed by atoms with Crippen molar-refractivity contribution in [3.8, 4) is 22.7 Å². The molecule has 250 valence electrons. The first kappa shape index (κ1) is 33.3. The largest absolute Gasteiger partial charge is 0.425 e. The number of amides is 1. The summed E-state index contributed by atoms with van der Waals surface area (Å²) in [6.45, 7) is 7.21. The van der Waals surface area contributed by atoms with E-state index in [1.807, 2.05) is 55.5 Å². The first-order chi connectivity index (χ1) is 23.4. The number of H-pyrrole nitrogens is 2. The van der Waals surface area contributed by atoms with E-state index in [4.69, 9.17) is 21.3 Å². The Kier molecular flexibility index (Phi) is 9.41. The van der Waals surface area contributed by atoms with Crippen LogP contribution < -0.4 is 15.6 Å². The van der Waals surface area contributed by atoms with Gasteiger partial charge in [0.25, 0.3) is 5.56 Å². The van der Waals surface area contributed by atoms with E-state index in [0.717, 1.165) is 22.4 Å². The van der Waals surface area contributed by atoms with Crippen molar-refractivity contribution in [2.75, 3.05) is 0 Å². The average molecular weight is 679 g/mol. The summed E-state index contributed by atoms with van der Waals surface area (Å²) in [5.41, 5.74) is 4.19. The number of rotatable bonds is 10. The number of esters is 1. The number of aromatic amines is 2. The number of nitrogens with one attached hydrogen (secondary N) is 3. The maximum Gasteiger partial charge on any atom is 0.316 e. The lowest BCUT2D eigenvalue weighted by atomic mass is 9.97. The molecule has 1 unspecified atom stereocenters. The number of aromatic nitrogens is 7. The average Bonchev–Trinajstić information content (AvgIpc) is 3.74. The number of carbonyl (C=O) groups excluding carboxylic acids is 2. The molecule has 0 saturated heterocycles. The Balaban J connectivity index is 1.28. The zero-order valence-electron chi connectivity index (χ0n) is 27.5. The molecule has 0 radical (unpaired) electrons. The lowest BCUT2D eigenvalue weighted by molar-refractivity contribution is -0.142. The van der Waals surface area contributed by atoms with E-state index in [-0.39, 0.29) is 23.2 Å². The summed E-state index contributed by atoms with van der Waals surface area (Å²) in [4.78, 5) is 49.4. The van der Waals surface area contributed by atoms with Crippen LogP contribution in [0.1, 0.15) is 55.7 Å². The van der Waals surface area contributed by atoms with E-state index in [9.17, 15) is 14.4 Å². The van der Waals surface area contributed by atoms with Gasteiger partial charge in [0, 0.05) is 23.4 Å². The first-order valence-corrected chi connectivity index (χ1v) is 16.1. The predicted octanol–water partition coefficient (Wildman–Crippen LogP) is 5.84. The summed E-state index contributed by atoms with van der Waals surface area (Å²) in [6, 6.07) is 21.7. The Morgan fingerprint density at radius 1 is 1.02 bits per heavy atom. The van der Waals surface area contributed by atoms with Gasteiger partial charge >= 0.3 is 5.97 Å². The highest BCUT2D eigenvalue weighted by molar-refractivity contribution is 6.32. The Labute approximate surface area is 286 Å². The Bertz CT molecular complexity index is 2190. The Morgan fingerprint density at radius 2 is 1.82 bits per heavy atom. The van der Waals surface area contributed by atoms with Crippen LogP contribution in [0.4, 0.5) is 0 Å². The first-order valence-electron chi connectivity index (χ1n) is 15.8. The van der Waals surface area contributed by atoms with Crippen LogP contribution in [0.15, 0.2) is 83.9 Å². The van der Waals surface area contributed by atoms with E-state index in [1.165, 1.54) is 12.4 Å². The standard InChI is InChI=1S/C36H35ClN8O4/c1-21-10-14-28(45-20-38-43-44-45)23(16-21)12-15-30(46)40-27(17-22-8-6-5-7-9-22)34-41-32(33(37)42-34)24-11-13-26-25(18-24)29(19-31(47)39-26)49-35(48)36(2,3)4/h5-11,13-14,16,18-20,27H,12,15,17H2,1-4H3,(H,39,47)(H,40,46)(H,41,42). The summed E-state index contributed by atoms with van der Waals surface area (Å²) in [5.74, 6) is -0.0286. The van der Waals surface area contributed by atoms with Crippen molar-refractivity contribution < 1.29 is 14.3 Å². The highest BCUT2D eigenvalue weighted by Gasteiger charge is 2.26. The van der Waals surface area contributed by atoms with Gasteiger partial charge in [-0.25, -0.2) is 9.67 Å². The van der Waals surface area contributed by atoms with E-state index in [0.29, 0.717) is 40.8 Å². The summed E-state index contributed by atoms with van der Waals surface area (Å²) in [6.07, 6.45) is 2.66. The van der Waals surface area contributed by atoms with Crippen LogP contribution in [0.2, 0.25) is 5.15 Å². The van der Waals surface area contributed by atoms with Crippen LogP contribution in [-0.4, -0.2) is 47.0 Å². The minimum absolute atomic E-state index is 0.137. The molecule has 0 aliphatic heterocycles. The van der Waals surface area contributed by atoms with Gasteiger partial charge in [0.05, 0.1) is 22.7 Å². The van der Waals surface area contributed by atoms with Crippen LogP contribution >= 0.6 is 11.6 Å². The van der Waals surface area contributed by atoms with E-state index in [2.05, 4.69) is 30.8 Å². The summed E-state index contributed by atoms with van der Waals surface area (Å²) < 4.78 is 7.24. The number of fused-ring (bicyclic) bond motifs is 1. The maximum absolute atomic E-state index is 13.5. The molecule has 12 nitrogen and oxygen atoms in total. The topological polar surface area (TPSA) is 161 Å². The van der Waals surface area contributed by atoms with Gasteiger partial charge in [0.15, 0.2) is 0 Å². The van der Waals surface area contributed by atoms with E-state index < -0.39 is 23.0 Å². The van der Waals surface area contributed by atoms with Gasteiger partial charge in [-0.15, -0.1) is 5.10 Å². The Morgan fingerprint density at radius 3 is 2.55 bits per heavy atom. The van der Waals surface area contributed by atoms with Gasteiger partial charge in [0.1, 0.15) is 28.7 Å². The van der Waals surface area contributed by atoms with Gasteiger partial charge in [-0.1, -0.05) is 65.7 Å². The van der Waals surface area contributed by atoms with Crippen molar-refractivity contribution in [1.29, 1.82) is 0 Å². The monoisotopic (exact) mass is 678 g/mol. The molecule has 3 aromatic heterocycles. The van der Waals surface area contributed by atoms with Crippen molar-refractivity contribution in [3.63, 3.8) is 0 Å². The van der Waals surface area contributed by atoms with Gasteiger partial charge in [-0.2, -0.15) is 0 Å². The Hall–Kier alpha value is -5.62. The number of ether oxygens (including phenoxy) is 1. The van der Waals surface area contributed by atoms with Crippen LogP contribution in [0.3, 0.4) is 0 Å². The fourth-order valence-electron chi connectivity index (χ4n) is 5.42. The summed E-state index contributed by atoms with van der Waals surface area (Å²) in [7, 11) is 0. The molecule has 13 heteroatoms. The number of carbonyl (C=O) groups is 2. The number of nitrogens with zero attached hydrogens (tertiary/aromatic N) is 5. The van der Waals surface area contributed by atoms with Crippen molar-refractivity contribution >= 4 is 34.4 Å². The number of aryl methyl sites for hydroxylation is 2. The SMILES string of the molecule is Cc1ccc(-n2cnnn2)c(CCC(=O)NC(Cc2ccccc2)c2nc(-c3ccc4[nH]c(=O)cc(OC(=O)C(C)(C)C)c4c3)c(Cl)[nH]2)c1. The molecule has 49 heavy (non-hydrogen) atoms. The van der Waals surface area contributed by atoms with Crippen LogP contribution in [0.5, 0.6) is 5.75 Å². The molecule has 1 atom stereocenters. The van der Waals surface area contributed by atoms with Gasteiger partial charge in [-0.05, 0) is 80.3 Å². The summed E-state index contributed by atoms with van der Waals surface area (Å²) in [5, 5.41) is 15.4. The third-order valence-corrected chi connectivity index (χ3v) is 8.25. The lowest BCUT2D eigenvalue weighted by Crippen LogP contribution is -2.31. The predicted molar refractivity (Wildman–Crippen MR) is 185 cm³/mol. The molecule has 6 rings (SSSR count). The smallest absolute Gasteiger partial charge is 0.316 e. The molecular formula is C36H35ClN8O4. The molecule has 0 aliphatic carbocycles. The second-order valence-electron chi connectivity index (χ2n) is 12.9. The van der Waals surface area contributed by atoms with Crippen LogP contribution in [0, 0.1) is 12.3 Å². The number of tetrazole rings is 1. The highest BCUT2D eigenvalue weighted by Crippen LogP contribution is 2.33. The van der Waals surface area contributed by atoms with Crippen molar-refractivity contribution in [2.24, 2.45) is 5.41 Å². The zero-order valence-corrected chi connectivity index (χ0v) is 28.2. The molecule has 6 aromatic rings. The molecule has 3 N–H and O–H groups in total. The number of halogens is 1. The molecule has 0 fully saturated rings. The number of imidazole rings is 1. The zero-order chi connectivity index (χ0) is 34.7. The molecule has 3 heterocycles. The molecule has 3 aromatic carbocycles. The molecular weight excluding hydrogens is 644 g/mol. The summed E-state index contributed by atoms with van der Waals surface area (Å²) >= 11 is 6.75. The van der Waals surface area contributed by atoms with Gasteiger partial charge in [0.2, 0.25) is 5.91 Å². The maximum atomic E-state index is 13.5. The number of hydrogen-bond donors (Lipinski definition) is 3. The third-order valence-electron chi connectivity index (χ3n) is 7.97. The number of benzene rings is 3. The van der Waals surface area contributed by atoms with E-state index >= 15 is 0 Å². The fourth-order valence-corrected chi connectivity index (χ4v) is 5.67. The lowest BCUT2D eigenvalue weighted by Gasteiger charge is -2.18. The quantitative estimate of drug-likeness (QED) is 0.152. The van der Waals surface area contributed by atoms with Gasteiger partial charge in [-0.3, -0.25) is 14.4 Å². The molecule has 0 saturated carbocycles. The van der Waals surface area contributed by atoms with Crippen LogP contribution in [0.25, 0.3) is 27.8 Å². The number of pyridine rings is 1. The molecule has 0 aliphatic rings. The molecule has 1 amide bonds. The highest BCUT2D eigenvalue weighted by atomic mass is 35.5. The molecule has 0 spiro atoms. The van der Waals surface area contributed by atoms with E-state index in [1.54, 1.807) is 43.7 Å². The third kappa shape index (κ3) is 7.76. The minimum atomic E-state index is -0.776. The fraction of sp³-hybridized carbons (Fsp3) is 0.250. The van der Waals surface area contributed by atoms with Crippen molar-refractivity contribution in [3.05, 3.63) is 117 Å². The minimum Gasteiger partial charge on any atom is -0.425 e. The van der Waals surface area contributed by atoms with Gasteiger partial charge < -0.3 is 20.0 Å². The number of hydrogen-bond acceptors (Lipinski definition) is 8. The second-order valence-corrected chi connectivity index (χ2v) is 13.3. The normalized spacial score (nSPS) is 12.2. The second kappa shape index (κ2) is 13.9. The van der Waals surface area contributed by atoms with Crippen LogP contribution in [-0.2, 0) is 22.4 Å².